The molecule has 7 heteroatoms. The Kier molecular flexibility index (Phi) is 6.14. The zero-order valence-electron chi connectivity index (χ0n) is 14.5. The Morgan fingerprint density at radius 3 is 2.73 bits per heavy atom. The highest BCUT2D eigenvalue weighted by atomic mass is 19.1. The van der Waals surface area contributed by atoms with Crippen molar-refractivity contribution in [3.05, 3.63) is 69.9 Å². The lowest BCUT2D eigenvalue weighted by molar-refractivity contribution is 0.0363. The fraction of sp³-hybridized carbons (Fsp3) is 0.368. The van der Waals surface area contributed by atoms with Gasteiger partial charge < -0.3 is 14.6 Å². The van der Waals surface area contributed by atoms with Crippen LogP contribution in [0.3, 0.4) is 0 Å². The molecule has 0 atom stereocenters. The molecule has 1 aromatic carbocycles. The standard InChI is InChI=1S/C19H22FN3O3/c20-17-3-1-2-15(12-17)13-21-19(25)16-4-5-18(24)23(14-16)7-6-22-8-10-26-11-9-22/h1-5,12,14H,6-11,13H2,(H,21,25). The number of carbonyl (C=O) groups is 1. The van der Waals surface area contributed by atoms with Crippen LogP contribution in [0, 0.1) is 5.82 Å². The molecule has 0 unspecified atom stereocenters. The molecule has 1 fully saturated rings. The van der Waals surface area contributed by atoms with Crippen molar-refractivity contribution in [1.29, 1.82) is 0 Å². The van der Waals surface area contributed by atoms with Crippen molar-refractivity contribution in [2.45, 2.75) is 13.1 Å². The van der Waals surface area contributed by atoms with Gasteiger partial charge in [0.2, 0.25) is 0 Å². The zero-order valence-corrected chi connectivity index (χ0v) is 14.5. The molecule has 0 spiro atoms. The van der Waals surface area contributed by atoms with Crippen molar-refractivity contribution >= 4 is 5.91 Å². The third kappa shape index (κ3) is 5.00. The van der Waals surface area contributed by atoms with E-state index in [0.29, 0.717) is 30.9 Å². The van der Waals surface area contributed by atoms with Crippen molar-refractivity contribution in [2.75, 3.05) is 32.8 Å². The maximum absolute atomic E-state index is 13.2. The number of morpholine rings is 1. The summed E-state index contributed by atoms with van der Waals surface area (Å²) < 4.78 is 20.0. The summed E-state index contributed by atoms with van der Waals surface area (Å²) in [4.78, 5) is 26.6. The van der Waals surface area contributed by atoms with E-state index in [1.807, 2.05) is 0 Å². The average Bonchev–Trinajstić information content (AvgIpc) is 2.66. The lowest BCUT2D eigenvalue weighted by atomic mass is 10.2. The minimum atomic E-state index is -0.339. The van der Waals surface area contributed by atoms with Gasteiger partial charge in [-0.3, -0.25) is 14.5 Å². The van der Waals surface area contributed by atoms with Gasteiger partial charge in [0.05, 0.1) is 18.8 Å². The Bertz CT molecular complexity index is 816. The van der Waals surface area contributed by atoms with Crippen LogP contribution in [0.1, 0.15) is 15.9 Å². The molecule has 1 N–H and O–H groups in total. The van der Waals surface area contributed by atoms with Crippen LogP contribution in [0.15, 0.2) is 47.4 Å². The Balaban J connectivity index is 1.60. The lowest BCUT2D eigenvalue weighted by Crippen LogP contribution is -2.39. The number of nitrogens with zero attached hydrogens (tertiary/aromatic N) is 2. The van der Waals surface area contributed by atoms with Gasteiger partial charge in [-0.25, -0.2) is 4.39 Å². The van der Waals surface area contributed by atoms with Crippen LogP contribution in [0.2, 0.25) is 0 Å². The fourth-order valence-electron chi connectivity index (χ4n) is 2.85. The molecule has 1 aromatic heterocycles. The molecular weight excluding hydrogens is 337 g/mol. The number of rotatable bonds is 6. The molecule has 2 heterocycles. The molecule has 1 amide bonds. The van der Waals surface area contributed by atoms with Crippen molar-refractivity contribution in [2.24, 2.45) is 0 Å². The molecule has 0 radical (unpaired) electrons. The number of amides is 1. The van der Waals surface area contributed by atoms with Gasteiger partial charge in [-0.2, -0.15) is 0 Å². The summed E-state index contributed by atoms with van der Waals surface area (Å²) in [5.74, 6) is -0.636. The third-order valence-corrected chi connectivity index (χ3v) is 4.35. The Morgan fingerprint density at radius 1 is 1.15 bits per heavy atom. The van der Waals surface area contributed by atoms with Crippen LogP contribution < -0.4 is 10.9 Å². The highest BCUT2D eigenvalue weighted by Gasteiger charge is 2.12. The van der Waals surface area contributed by atoms with Crippen molar-refractivity contribution < 1.29 is 13.9 Å². The largest absolute Gasteiger partial charge is 0.379 e. The second-order valence-corrected chi connectivity index (χ2v) is 6.22. The van der Waals surface area contributed by atoms with Crippen LogP contribution in [-0.2, 0) is 17.8 Å². The monoisotopic (exact) mass is 359 g/mol. The Morgan fingerprint density at radius 2 is 1.96 bits per heavy atom. The van der Waals surface area contributed by atoms with Gasteiger partial charge in [-0.15, -0.1) is 0 Å². The van der Waals surface area contributed by atoms with Gasteiger partial charge in [0.15, 0.2) is 0 Å². The second-order valence-electron chi connectivity index (χ2n) is 6.22. The molecule has 0 bridgehead atoms. The first-order valence-electron chi connectivity index (χ1n) is 8.65. The quantitative estimate of drug-likeness (QED) is 0.843. The molecule has 6 nitrogen and oxygen atoms in total. The summed E-state index contributed by atoms with van der Waals surface area (Å²) >= 11 is 0. The minimum Gasteiger partial charge on any atom is -0.379 e. The van der Waals surface area contributed by atoms with Crippen LogP contribution in [-0.4, -0.2) is 48.2 Å². The predicted octanol–water partition coefficient (Wildman–Crippen LogP) is 1.25. The van der Waals surface area contributed by atoms with Gasteiger partial charge in [0, 0.05) is 45.0 Å². The number of carbonyl (C=O) groups excluding carboxylic acids is 1. The van der Waals surface area contributed by atoms with Crippen LogP contribution in [0.4, 0.5) is 4.39 Å². The van der Waals surface area contributed by atoms with Crippen LogP contribution >= 0.6 is 0 Å². The number of hydrogen-bond acceptors (Lipinski definition) is 4. The molecule has 26 heavy (non-hydrogen) atoms. The maximum Gasteiger partial charge on any atom is 0.253 e. The highest BCUT2D eigenvalue weighted by Crippen LogP contribution is 2.04. The Labute approximate surface area is 151 Å². The van der Waals surface area contributed by atoms with E-state index in [4.69, 9.17) is 4.74 Å². The molecule has 0 saturated carbocycles. The Hall–Kier alpha value is -2.51. The van der Waals surface area contributed by atoms with Crippen molar-refractivity contribution in [3.63, 3.8) is 0 Å². The van der Waals surface area contributed by atoms with E-state index in [1.165, 1.54) is 24.3 Å². The molecule has 2 aromatic rings. The van der Waals surface area contributed by atoms with E-state index in [2.05, 4.69) is 10.2 Å². The maximum atomic E-state index is 13.2. The van der Waals surface area contributed by atoms with Gasteiger partial charge in [-0.1, -0.05) is 12.1 Å². The third-order valence-electron chi connectivity index (χ3n) is 4.35. The molecule has 0 aliphatic carbocycles. The zero-order chi connectivity index (χ0) is 18.4. The van der Waals surface area contributed by atoms with Crippen molar-refractivity contribution in [1.82, 2.24) is 14.8 Å². The number of aromatic nitrogens is 1. The number of nitrogens with one attached hydrogen (secondary N) is 1. The lowest BCUT2D eigenvalue weighted by Gasteiger charge is -2.26. The smallest absolute Gasteiger partial charge is 0.253 e. The van der Waals surface area contributed by atoms with E-state index in [-0.39, 0.29) is 23.8 Å². The summed E-state index contributed by atoms with van der Waals surface area (Å²) in [6.45, 7) is 4.59. The van der Waals surface area contributed by atoms with Crippen LogP contribution in [0.25, 0.3) is 0 Å². The molecule has 138 valence electrons. The van der Waals surface area contributed by atoms with E-state index in [0.717, 1.165) is 19.6 Å². The first-order chi connectivity index (χ1) is 12.6. The SMILES string of the molecule is O=C(NCc1cccc(F)c1)c1ccc(=O)n(CCN2CCOCC2)c1. The average molecular weight is 359 g/mol. The summed E-state index contributed by atoms with van der Waals surface area (Å²) in [7, 11) is 0. The van der Waals surface area contributed by atoms with E-state index < -0.39 is 0 Å². The number of halogens is 1. The first-order valence-corrected chi connectivity index (χ1v) is 8.65. The van der Waals surface area contributed by atoms with E-state index >= 15 is 0 Å². The van der Waals surface area contributed by atoms with Gasteiger partial charge in [0.1, 0.15) is 5.82 Å². The van der Waals surface area contributed by atoms with E-state index in [1.54, 1.807) is 22.9 Å². The fourth-order valence-corrected chi connectivity index (χ4v) is 2.85. The summed E-state index contributed by atoms with van der Waals surface area (Å²) in [6, 6.07) is 8.99. The minimum absolute atomic E-state index is 0.139. The number of pyridine rings is 1. The van der Waals surface area contributed by atoms with E-state index in [9.17, 15) is 14.0 Å². The molecule has 3 rings (SSSR count). The normalized spacial score (nSPS) is 15.0. The molecular formula is C19H22FN3O3. The van der Waals surface area contributed by atoms with Gasteiger partial charge >= 0.3 is 0 Å². The second kappa shape index (κ2) is 8.73. The summed E-state index contributed by atoms with van der Waals surface area (Å²) in [6.07, 6.45) is 1.57. The predicted molar refractivity (Wildman–Crippen MR) is 95.5 cm³/mol. The summed E-state index contributed by atoms with van der Waals surface area (Å²) in [5, 5.41) is 2.75. The van der Waals surface area contributed by atoms with Gasteiger partial charge in [0.25, 0.3) is 11.5 Å². The van der Waals surface area contributed by atoms with Gasteiger partial charge in [-0.05, 0) is 23.8 Å². The topological polar surface area (TPSA) is 63.6 Å². The van der Waals surface area contributed by atoms with Crippen LogP contribution in [0.5, 0.6) is 0 Å². The van der Waals surface area contributed by atoms with Crippen molar-refractivity contribution in [3.8, 4) is 0 Å². The number of hydrogen-bond donors (Lipinski definition) is 1. The molecule has 1 saturated heterocycles. The molecule has 1 aliphatic heterocycles. The first kappa shape index (κ1) is 18.3. The highest BCUT2D eigenvalue weighted by molar-refractivity contribution is 5.93. The number of benzene rings is 1. The molecule has 1 aliphatic rings. The number of ether oxygens (including phenoxy) is 1. The summed E-state index contributed by atoms with van der Waals surface area (Å²) in [5.41, 5.74) is 0.946.